The third kappa shape index (κ3) is 5.38. The van der Waals surface area contributed by atoms with Crippen molar-refractivity contribution in [1.29, 1.82) is 0 Å². The summed E-state index contributed by atoms with van der Waals surface area (Å²) in [6, 6.07) is 5.41. The van der Waals surface area contributed by atoms with Crippen LogP contribution in [0.3, 0.4) is 0 Å². The summed E-state index contributed by atoms with van der Waals surface area (Å²) in [6.45, 7) is 10.7. The van der Waals surface area contributed by atoms with Crippen molar-refractivity contribution >= 4 is 40.9 Å². The van der Waals surface area contributed by atoms with Gasteiger partial charge in [-0.25, -0.2) is 0 Å². The topological polar surface area (TPSA) is 59.8 Å². The second kappa shape index (κ2) is 9.11. The van der Waals surface area contributed by atoms with Crippen molar-refractivity contribution in [1.82, 2.24) is 20.1 Å². The van der Waals surface area contributed by atoms with Crippen molar-refractivity contribution in [2.45, 2.75) is 57.6 Å². The van der Waals surface area contributed by atoms with Crippen LogP contribution in [-0.2, 0) is 11.3 Å². The zero-order chi connectivity index (χ0) is 19.4. The van der Waals surface area contributed by atoms with Crippen molar-refractivity contribution in [2.24, 2.45) is 5.92 Å². The van der Waals surface area contributed by atoms with E-state index in [-0.39, 0.29) is 17.2 Å². The number of carbonyl (C=O) groups is 1. The second-order valence-electron chi connectivity index (χ2n) is 6.86. The molecular formula is C18H24Cl2N4OS. The lowest BCUT2D eigenvalue weighted by Crippen LogP contribution is -2.36. The van der Waals surface area contributed by atoms with E-state index in [1.54, 1.807) is 12.1 Å². The van der Waals surface area contributed by atoms with Crippen molar-refractivity contribution in [3.05, 3.63) is 28.2 Å². The van der Waals surface area contributed by atoms with Crippen LogP contribution >= 0.6 is 35.0 Å². The Labute approximate surface area is 168 Å². The van der Waals surface area contributed by atoms with E-state index in [0.29, 0.717) is 26.9 Å². The molecule has 1 aromatic heterocycles. The molecule has 0 saturated heterocycles. The molecule has 0 fully saturated rings. The molecular weight excluding hydrogens is 391 g/mol. The average molecular weight is 415 g/mol. The molecule has 8 heteroatoms. The first kappa shape index (κ1) is 21.1. The highest BCUT2D eigenvalue weighted by Crippen LogP contribution is 2.33. The number of hydrogen-bond donors (Lipinski definition) is 1. The Morgan fingerprint density at radius 2 is 1.88 bits per heavy atom. The molecule has 1 amide bonds. The fourth-order valence-corrected chi connectivity index (χ4v) is 3.75. The van der Waals surface area contributed by atoms with E-state index < -0.39 is 0 Å². The maximum atomic E-state index is 12.2. The van der Waals surface area contributed by atoms with Crippen LogP contribution in [0.25, 0.3) is 11.4 Å². The van der Waals surface area contributed by atoms with Gasteiger partial charge in [-0.2, -0.15) is 0 Å². The van der Waals surface area contributed by atoms with E-state index in [0.717, 1.165) is 12.1 Å². The average Bonchev–Trinajstić information content (AvgIpc) is 2.88. The molecule has 0 bridgehead atoms. The van der Waals surface area contributed by atoms with Gasteiger partial charge in [0.15, 0.2) is 11.0 Å². The molecule has 1 aromatic carbocycles. The van der Waals surface area contributed by atoms with Crippen molar-refractivity contribution < 1.29 is 4.79 Å². The zero-order valence-electron chi connectivity index (χ0n) is 15.6. The van der Waals surface area contributed by atoms with E-state index in [1.165, 1.54) is 11.8 Å². The summed E-state index contributed by atoms with van der Waals surface area (Å²) >= 11 is 13.8. The van der Waals surface area contributed by atoms with E-state index in [1.807, 2.05) is 31.4 Å². The van der Waals surface area contributed by atoms with Crippen LogP contribution < -0.4 is 5.32 Å². The highest BCUT2D eigenvalue weighted by atomic mass is 35.5. The molecule has 5 nitrogen and oxygen atoms in total. The quantitative estimate of drug-likeness (QED) is 0.653. The number of aromatic nitrogens is 3. The monoisotopic (exact) mass is 414 g/mol. The van der Waals surface area contributed by atoms with Gasteiger partial charge in [-0.05, 0) is 44.9 Å². The number of halogens is 2. The fraction of sp³-hybridized carbons (Fsp3) is 0.500. The molecule has 0 saturated carbocycles. The number of nitrogens with zero attached hydrogens (tertiary/aromatic N) is 3. The lowest BCUT2D eigenvalue weighted by Gasteiger charge is -2.16. The number of nitrogens with one attached hydrogen (secondary N) is 1. The summed E-state index contributed by atoms with van der Waals surface area (Å²) in [5, 5.41) is 13.1. The SMILES string of the molecule is CC(C)Cn1c(SC(C)C(=O)NC(C)C)nnc1-c1ccc(Cl)cc1Cl. The van der Waals surface area contributed by atoms with Crippen LogP contribution in [0.4, 0.5) is 0 Å². The van der Waals surface area contributed by atoms with E-state index >= 15 is 0 Å². The summed E-state index contributed by atoms with van der Waals surface area (Å²) in [5.74, 6) is 1.05. The normalized spacial score (nSPS) is 12.7. The minimum atomic E-state index is -0.277. The predicted molar refractivity (Wildman–Crippen MR) is 109 cm³/mol. The molecule has 1 atom stereocenters. The summed E-state index contributed by atoms with van der Waals surface area (Å²) in [5.41, 5.74) is 0.773. The molecule has 26 heavy (non-hydrogen) atoms. The van der Waals surface area contributed by atoms with Crippen LogP contribution in [0, 0.1) is 5.92 Å². The number of thioether (sulfide) groups is 1. The van der Waals surface area contributed by atoms with Crippen LogP contribution in [0.1, 0.15) is 34.6 Å². The van der Waals surface area contributed by atoms with Crippen molar-refractivity contribution in [3.8, 4) is 11.4 Å². The maximum absolute atomic E-state index is 12.2. The molecule has 0 aliphatic heterocycles. The van der Waals surface area contributed by atoms with Gasteiger partial charge in [0, 0.05) is 23.2 Å². The Hall–Kier alpha value is -1.24. The Balaban J connectivity index is 2.36. The van der Waals surface area contributed by atoms with Crippen molar-refractivity contribution in [2.75, 3.05) is 0 Å². The van der Waals surface area contributed by atoms with Crippen molar-refractivity contribution in [3.63, 3.8) is 0 Å². The molecule has 0 spiro atoms. The Kier molecular flexibility index (Phi) is 7.38. The molecule has 0 aliphatic carbocycles. The Bertz CT molecular complexity index is 777. The predicted octanol–water partition coefficient (Wildman–Crippen LogP) is 4.91. The highest BCUT2D eigenvalue weighted by Gasteiger charge is 2.22. The molecule has 2 aromatic rings. The van der Waals surface area contributed by atoms with Gasteiger partial charge in [0.1, 0.15) is 0 Å². The van der Waals surface area contributed by atoms with Gasteiger partial charge in [0.05, 0.1) is 10.3 Å². The van der Waals surface area contributed by atoms with Gasteiger partial charge in [-0.15, -0.1) is 10.2 Å². The molecule has 0 radical (unpaired) electrons. The van der Waals surface area contributed by atoms with Gasteiger partial charge in [0.25, 0.3) is 0 Å². The third-order valence-corrected chi connectivity index (χ3v) is 5.15. The van der Waals surface area contributed by atoms with Gasteiger partial charge < -0.3 is 9.88 Å². The van der Waals surface area contributed by atoms with Crippen LogP contribution in [0.15, 0.2) is 23.4 Å². The van der Waals surface area contributed by atoms with Gasteiger partial charge >= 0.3 is 0 Å². The number of benzene rings is 1. The summed E-state index contributed by atoms with van der Waals surface area (Å²) < 4.78 is 2.02. The number of carbonyl (C=O) groups excluding carboxylic acids is 1. The lowest BCUT2D eigenvalue weighted by molar-refractivity contribution is -0.120. The second-order valence-corrected chi connectivity index (χ2v) is 9.01. The standard InChI is InChI=1S/C18H24Cl2N4OS/c1-10(2)9-24-16(14-7-6-13(19)8-15(14)20)22-23-18(24)26-12(5)17(25)21-11(3)4/h6-8,10-12H,9H2,1-5H3,(H,21,25). The summed E-state index contributed by atoms with van der Waals surface area (Å²) in [6.07, 6.45) is 0. The third-order valence-electron chi connectivity index (χ3n) is 3.52. The zero-order valence-corrected chi connectivity index (χ0v) is 17.9. The number of rotatable bonds is 7. The van der Waals surface area contributed by atoms with E-state index in [2.05, 4.69) is 29.4 Å². The largest absolute Gasteiger partial charge is 0.353 e. The Morgan fingerprint density at radius 1 is 1.19 bits per heavy atom. The van der Waals surface area contributed by atoms with Gasteiger partial charge in [-0.1, -0.05) is 48.8 Å². The minimum Gasteiger partial charge on any atom is -0.353 e. The molecule has 0 aliphatic rings. The maximum Gasteiger partial charge on any atom is 0.233 e. The lowest BCUT2D eigenvalue weighted by atomic mass is 10.2. The Morgan fingerprint density at radius 3 is 2.46 bits per heavy atom. The summed E-state index contributed by atoms with van der Waals surface area (Å²) in [7, 11) is 0. The first-order valence-corrected chi connectivity index (χ1v) is 10.2. The number of amides is 1. The molecule has 1 unspecified atom stereocenters. The fourth-order valence-electron chi connectivity index (χ4n) is 2.39. The van der Waals surface area contributed by atoms with E-state index in [4.69, 9.17) is 23.2 Å². The van der Waals surface area contributed by atoms with Gasteiger partial charge in [0.2, 0.25) is 5.91 Å². The first-order chi connectivity index (χ1) is 12.2. The summed E-state index contributed by atoms with van der Waals surface area (Å²) in [4.78, 5) is 12.2. The highest BCUT2D eigenvalue weighted by molar-refractivity contribution is 8.00. The number of hydrogen-bond acceptors (Lipinski definition) is 4. The van der Waals surface area contributed by atoms with Crippen LogP contribution in [0.5, 0.6) is 0 Å². The first-order valence-electron chi connectivity index (χ1n) is 8.54. The van der Waals surface area contributed by atoms with Crippen LogP contribution in [-0.4, -0.2) is 32.0 Å². The molecule has 1 N–H and O–H groups in total. The molecule has 142 valence electrons. The van der Waals surface area contributed by atoms with Crippen LogP contribution in [0.2, 0.25) is 10.0 Å². The smallest absolute Gasteiger partial charge is 0.233 e. The van der Waals surface area contributed by atoms with E-state index in [9.17, 15) is 4.79 Å². The molecule has 2 rings (SSSR count). The minimum absolute atomic E-state index is 0.0184. The molecule has 1 heterocycles. The van der Waals surface area contributed by atoms with Gasteiger partial charge in [-0.3, -0.25) is 4.79 Å².